The van der Waals surface area contributed by atoms with E-state index in [0.717, 1.165) is 0 Å². The standard InChI is InChI=1S/C14H13FN2O3/c1-9-5-10(15)7-11(6-9)16-14(20)12-3-2-4-17(12)8-13(18)19/h2-7H,8H2,1H3,(H,16,20)(H,18,19). The van der Waals surface area contributed by atoms with Crippen LogP contribution in [-0.4, -0.2) is 21.6 Å². The molecule has 0 unspecified atom stereocenters. The van der Waals surface area contributed by atoms with E-state index in [9.17, 15) is 14.0 Å². The van der Waals surface area contributed by atoms with Gasteiger partial charge in [0.25, 0.3) is 5.91 Å². The molecule has 0 fully saturated rings. The monoisotopic (exact) mass is 276 g/mol. The van der Waals surface area contributed by atoms with Gasteiger partial charge in [-0.15, -0.1) is 0 Å². The van der Waals surface area contributed by atoms with Crippen LogP contribution in [0.1, 0.15) is 16.1 Å². The molecule has 6 heteroatoms. The van der Waals surface area contributed by atoms with Gasteiger partial charge in [0.05, 0.1) is 0 Å². The molecule has 0 aliphatic rings. The fraction of sp³-hybridized carbons (Fsp3) is 0.143. The molecule has 0 bridgehead atoms. The van der Waals surface area contributed by atoms with E-state index in [4.69, 9.17) is 5.11 Å². The van der Waals surface area contributed by atoms with Gasteiger partial charge in [-0.3, -0.25) is 9.59 Å². The van der Waals surface area contributed by atoms with E-state index < -0.39 is 17.7 Å². The Kier molecular flexibility index (Phi) is 3.84. The number of aryl methyl sites for hydroxylation is 1. The Morgan fingerprint density at radius 2 is 2.10 bits per heavy atom. The van der Waals surface area contributed by atoms with Gasteiger partial charge in [0.15, 0.2) is 0 Å². The van der Waals surface area contributed by atoms with Crippen molar-refractivity contribution in [3.63, 3.8) is 0 Å². The van der Waals surface area contributed by atoms with Crippen molar-refractivity contribution < 1.29 is 19.1 Å². The number of carbonyl (C=O) groups excluding carboxylic acids is 1. The molecular weight excluding hydrogens is 263 g/mol. The Morgan fingerprint density at radius 1 is 1.35 bits per heavy atom. The first-order chi connectivity index (χ1) is 9.45. The fourth-order valence-corrected chi connectivity index (χ4v) is 1.91. The third kappa shape index (κ3) is 3.23. The lowest BCUT2D eigenvalue weighted by Gasteiger charge is -2.08. The summed E-state index contributed by atoms with van der Waals surface area (Å²) in [5.41, 5.74) is 1.21. The maximum absolute atomic E-state index is 13.2. The van der Waals surface area contributed by atoms with Crippen molar-refractivity contribution in [3.8, 4) is 0 Å². The van der Waals surface area contributed by atoms with Crippen molar-refractivity contribution in [1.82, 2.24) is 4.57 Å². The summed E-state index contributed by atoms with van der Waals surface area (Å²) in [5.74, 6) is -1.97. The van der Waals surface area contributed by atoms with E-state index in [1.807, 2.05) is 0 Å². The predicted molar refractivity (Wildman–Crippen MR) is 71.2 cm³/mol. The second-order valence-corrected chi connectivity index (χ2v) is 4.39. The highest BCUT2D eigenvalue weighted by molar-refractivity contribution is 6.03. The number of carboxylic acids is 1. The molecule has 20 heavy (non-hydrogen) atoms. The second-order valence-electron chi connectivity index (χ2n) is 4.39. The molecular formula is C14H13FN2O3. The Labute approximate surface area is 114 Å². The van der Waals surface area contributed by atoms with Crippen molar-refractivity contribution in [2.75, 3.05) is 5.32 Å². The summed E-state index contributed by atoms with van der Waals surface area (Å²) in [6, 6.07) is 7.27. The first kappa shape index (κ1) is 13.8. The topological polar surface area (TPSA) is 71.3 Å². The third-order valence-electron chi connectivity index (χ3n) is 2.67. The van der Waals surface area contributed by atoms with E-state index in [0.29, 0.717) is 11.3 Å². The summed E-state index contributed by atoms with van der Waals surface area (Å²) >= 11 is 0. The molecule has 0 atom stereocenters. The van der Waals surface area contributed by atoms with Crippen LogP contribution in [0.15, 0.2) is 36.5 Å². The third-order valence-corrected chi connectivity index (χ3v) is 2.67. The molecule has 1 heterocycles. The zero-order valence-electron chi connectivity index (χ0n) is 10.8. The van der Waals surface area contributed by atoms with Crippen LogP contribution in [0.3, 0.4) is 0 Å². The van der Waals surface area contributed by atoms with E-state index in [1.54, 1.807) is 19.1 Å². The summed E-state index contributed by atoms with van der Waals surface area (Å²) < 4.78 is 14.5. The smallest absolute Gasteiger partial charge is 0.323 e. The maximum atomic E-state index is 13.2. The normalized spacial score (nSPS) is 10.3. The lowest BCUT2D eigenvalue weighted by molar-refractivity contribution is -0.137. The molecule has 104 valence electrons. The van der Waals surface area contributed by atoms with Crippen LogP contribution < -0.4 is 5.32 Å². The van der Waals surface area contributed by atoms with Crippen molar-refractivity contribution >= 4 is 17.6 Å². The molecule has 1 amide bonds. The van der Waals surface area contributed by atoms with Gasteiger partial charge in [0.2, 0.25) is 0 Å². The van der Waals surface area contributed by atoms with Crippen molar-refractivity contribution in [1.29, 1.82) is 0 Å². The maximum Gasteiger partial charge on any atom is 0.323 e. The van der Waals surface area contributed by atoms with E-state index >= 15 is 0 Å². The summed E-state index contributed by atoms with van der Waals surface area (Å²) in [6.45, 7) is 1.41. The minimum atomic E-state index is -1.04. The van der Waals surface area contributed by atoms with Crippen molar-refractivity contribution in [3.05, 3.63) is 53.6 Å². The fourth-order valence-electron chi connectivity index (χ4n) is 1.91. The quantitative estimate of drug-likeness (QED) is 0.899. The highest BCUT2D eigenvalue weighted by Crippen LogP contribution is 2.15. The number of rotatable bonds is 4. The molecule has 2 aromatic rings. The minimum absolute atomic E-state index is 0.203. The van der Waals surface area contributed by atoms with Crippen molar-refractivity contribution in [2.45, 2.75) is 13.5 Å². The molecule has 2 N–H and O–H groups in total. The zero-order chi connectivity index (χ0) is 14.7. The Hall–Kier alpha value is -2.63. The summed E-state index contributed by atoms with van der Waals surface area (Å²) in [7, 11) is 0. The molecule has 1 aromatic heterocycles. The van der Waals surface area contributed by atoms with Gasteiger partial charge in [-0.1, -0.05) is 0 Å². The van der Waals surface area contributed by atoms with Gasteiger partial charge >= 0.3 is 5.97 Å². The average Bonchev–Trinajstić information content (AvgIpc) is 2.74. The number of carbonyl (C=O) groups is 2. The number of amides is 1. The molecule has 0 saturated carbocycles. The van der Waals surface area contributed by atoms with E-state index in [1.165, 1.54) is 29.0 Å². The van der Waals surface area contributed by atoms with Crippen LogP contribution in [0.25, 0.3) is 0 Å². The number of anilines is 1. The average molecular weight is 276 g/mol. The van der Waals surface area contributed by atoms with Crippen LogP contribution in [0.5, 0.6) is 0 Å². The lowest BCUT2D eigenvalue weighted by Crippen LogP contribution is -2.19. The van der Waals surface area contributed by atoms with Crippen LogP contribution in [-0.2, 0) is 11.3 Å². The number of benzene rings is 1. The van der Waals surface area contributed by atoms with Gasteiger partial charge in [-0.25, -0.2) is 4.39 Å². The number of nitrogens with zero attached hydrogens (tertiary/aromatic N) is 1. The zero-order valence-corrected chi connectivity index (χ0v) is 10.8. The van der Waals surface area contributed by atoms with Gasteiger partial charge < -0.3 is 15.0 Å². The molecule has 0 aliphatic heterocycles. The van der Waals surface area contributed by atoms with Crippen LogP contribution >= 0.6 is 0 Å². The minimum Gasteiger partial charge on any atom is -0.480 e. The Balaban J connectivity index is 2.20. The van der Waals surface area contributed by atoms with Crippen LogP contribution in [0.2, 0.25) is 0 Å². The largest absolute Gasteiger partial charge is 0.480 e. The molecule has 0 aliphatic carbocycles. The number of nitrogens with one attached hydrogen (secondary N) is 1. The summed E-state index contributed by atoms with van der Waals surface area (Å²) in [6.07, 6.45) is 1.50. The first-order valence-electron chi connectivity index (χ1n) is 5.91. The number of aliphatic carboxylic acids is 1. The molecule has 0 radical (unpaired) electrons. The van der Waals surface area contributed by atoms with Gasteiger partial charge in [0.1, 0.15) is 18.1 Å². The van der Waals surface area contributed by atoms with Crippen molar-refractivity contribution in [2.24, 2.45) is 0 Å². The van der Waals surface area contributed by atoms with E-state index in [2.05, 4.69) is 5.32 Å². The van der Waals surface area contributed by atoms with E-state index in [-0.39, 0.29) is 12.2 Å². The Bertz CT molecular complexity index is 644. The van der Waals surface area contributed by atoms with Gasteiger partial charge in [-0.2, -0.15) is 0 Å². The van der Waals surface area contributed by atoms with Crippen LogP contribution in [0, 0.1) is 12.7 Å². The Morgan fingerprint density at radius 3 is 2.75 bits per heavy atom. The number of carboxylic acid groups (broad SMARTS) is 1. The molecule has 1 aromatic carbocycles. The molecule has 2 rings (SSSR count). The number of hydrogen-bond donors (Lipinski definition) is 2. The SMILES string of the molecule is Cc1cc(F)cc(NC(=O)c2cccn2CC(=O)O)c1. The lowest BCUT2D eigenvalue weighted by atomic mass is 10.2. The van der Waals surface area contributed by atoms with Crippen LogP contribution in [0.4, 0.5) is 10.1 Å². The predicted octanol–water partition coefficient (Wildman–Crippen LogP) is 2.27. The second kappa shape index (κ2) is 5.56. The number of halogens is 1. The molecule has 0 saturated heterocycles. The highest BCUT2D eigenvalue weighted by Gasteiger charge is 2.13. The van der Waals surface area contributed by atoms with Gasteiger partial charge in [-0.05, 0) is 42.8 Å². The highest BCUT2D eigenvalue weighted by atomic mass is 19.1. The first-order valence-corrected chi connectivity index (χ1v) is 5.91. The summed E-state index contributed by atoms with van der Waals surface area (Å²) in [4.78, 5) is 22.7. The molecule has 5 nitrogen and oxygen atoms in total. The number of hydrogen-bond acceptors (Lipinski definition) is 2. The number of aromatic nitrogens is 1. The molecule has 0 spiro atoms. The summed E-state index contributed by atoms with van der Waals surface area (Å²) in [5, 5.41) is 11.3. The van der Waals surface area contributed by atoms with Gasteiger partial charge in [0, 0.05) is 11.9 Å².